The molecule has 0 aliphatic carbocycles. The summed E-state index contributed by atoms with van der Waals surface area (Å²) < 4.78 is 26.5. The van der Waals surface area contributed by atoms with E-state index in [1.54, 1.807) is 23.9 Å². The summed E-state index contributed by atoms with van der Waals surface area (Å²) in [6, 6.07) is 8.82. The lowest BCUT2D eigenvalue weighted by Gasteiger charge is -2.26. The van der Waals surface area contributed by atoms with Gasteiger partial charge in [0.1, 0.15) is 24.0 Å². The van der Waals surface area contributed by atoms with Crippen LogP contribution in [0.5, 0.6) is 5.75 Å². The Kier molecular flexibility index (Phi) is 4.71. The first-order valence-corrected chi connectivity index (χ1v) is 8.74. The molecule has 3 heterocycles. The lowest BCUT2D eigenvalue weighted by molar-refractivity contribution is 0.146. The molecule has 1 aliphatic rings. The molecule has 6 nitrogen and oxygen atoms in total. The second kappa shape index (κ2) is 7.29. The van der Waals surface area contributed by atoms with Gasteiger partial charge in [0, 0.05) is 32.0 Å². The second-order valence-corrected chi connectivity index (χ2v) is 6.33. The first kappa shape index (κ1) is 16.8. The number of ether oxygens (including phenoxy) is 2. The zero-order valence-electron chi connectivity index (χ0n) is 14.6. The van der Waals surface area contributed by atoms with Crippen LogP contribution in [-0.4, -0.2) is 41.5 Å². The molecule has 7 heteroatoms. The fraction of sp³-hybridized carbons (Fsp3) is 0.368. The second-order valence-electron chi connectivity index (χ2n) is 6.33. The Bertz CT molecular complexity index is 898. The normalized spacial score (nSPS) is 17.2. The smallest absolute Gasteiger partial charge is 0.157 e. The zero-order chi connectivity index (χ0) is 17.9. The van der Waals surface area contributed by atoms with Crippen LogP contribution in [0, 0.1) is 5.82 Å². The van der Waals surface area contributed by atoms with Gasteiger partial charge >= 0.3 is 0 Å². The van der Waals surface area contributed by atoms with Gasteiger partial charge in [-0.15, -0.1) is 0 Å². The summed E-state index contributed by atoms with van der Waals surface area (Å²) >= 11 is 0. The van der Waals surface area contributed by atoms with Crippen molar-refractivity contribution in [3.63, 3.8) is 0 Å². The zero-order valence-corrected chi connectivity index (χ0v) is 14.6. The van der Waals surface area contributed by atoms with Crippen LogP contribution in [0.1, 0.15) is 24.4 Å². The van der Waals surface area contributed by atoms with Crippen LogP contribution in [0.2, 0.25) is 0 Å². The molecule has 1 fully saturated rings. The van der Waals surface area contributed by atoms with Crippen molar-refractivity contribution in [2.45, 2.75) is 18.9 Å². The summed E-state index contributed by atoms with van der Waals surface area (Å²) in [5.74, 6) is 1.12. The van der Waals surface area contributed by atoms with E-state index in [9.17, 15) is 4.39 Å². The number of nitrogens with zero attached hydrogens (tertiary/aromatic N) is 4. The van der Waals surface area contributed by atoms with E-state index in [-0.39, 0.29) is 11.9 Å². The molecule has 136 valence electrons. The standard InChI is InChI=1S/C19H21FN4O2/c1-25-9-10-26-16-12-14(11-15(20)13-16)17-3-2-7-23(17)18-5-8-24-19(22-18)4-6-21-24/h4-6,8,11-13,17H,2-3,7,9-10H2,1H3/t17-/m1/s1. The topological polar surface area (TPSA) is 51.9 Å². The van der Waals surface area contributed by atoms with Crippen molar-refractivity contribution in [1.29, 1.82) is 0 Å². The molecule has 2 aromatic heterocycles. The van der Waals surface area contributed by atoms with Gasteiger partial charge in [0.2, 0.25) is 0 Å². The summed E-state index contributed by atoms with van der Waals surface area (Å²) in [4.78, 5) is 6.91. The highest BCUT2D eigenvalue weighted by molar-refractivity contribution is 5.50. The van der Waals surface area contributed by atoms with Gasteiger partial charge in [-0.25, -0.2) is 13.9 Å². The number of anilines is 1. The van der Waals surface area contributed by atoms with Gasteiger partial charge in [-0.3, -0.25) is 0 Å². The molecule has 0 radical (unpaired) electrons. The van der Waals surface area contributed by atoms with E-state index in [0.717, 1.165) is 36.4 Å². The number of hydrogen-bond donors (Lipinski definition) is 0. The maximum absolute atomic E-state index is 14.1. The maximum Gasteiger partial charge on any atom is 0.157 e. The van der Waals surface area contributed by atoms with Crippen LogP contribution in [-0.2, 0) is 4.74 Å². The van der Waals surface area contributed by atoms with E-state index >= 15 is 0 Å². The van der Waals surface area contributed by atoms with E-state index < -0.39 is 0 Å². The van der Waals surface area contributed by atoms with Crippen molar-refractivity contribution < 1.29 is 13.9 Å². The highest BCUT2D eigenvalue weighted by Gasteiger charge is 2.28. The van der Waals surface area contributed by atoms with E-state index in [0.29, 0.717) is 19.0 Å². The molecule has 0 saturated carbocycles. The maximum atomic E-state index is 14.1. The molecule has 0 unspecified atom stereocenters. The van der Waals surface area contributed by atoms with Crippen molar-refractivity contribution in [3.8, 4) is 5.75 Å². The molecule has 1 aliphatic heterocycles. The first-order valence-electron chi connectivity index (χ1n) is 8.74. The Morgan fingerprint density at radius 2 is 2.15 bits per heavy atom. The Balaban J connectivity index is 1.61. The van der Waals surface area contributed by atoms with Gasteiger partial charge in [-0.05, 0) is 36.6 Å². The van der Waals surface area contributed by atoms with E-state index in [1.807, 2.05) is 24.4 Å². The predicted octanol–water partition coefficient (Wildman–Crippen LogP) is 3.24. The van der Waals surface area contributed by atoms with Crippen molar-refractivity contribution in [2.24, 2.45) is 0 Å². The third-order valence-electron chi connectivity index (χ3n) is 4.62. The number of aromatic nitrogens is 3. The molecular weight excluding hydrogens is 335 g/mol. The van der Waals surface area contributed by atoms with Crippen LogP contribution in [0.4, 0.5) is 10.2 Å². The molecule has 0 amide bonds. The molecule has 0 spiro atoms. The van der Waals surface area contributed by atoms with Crippen molar-refractivity contribution in [3.05, 3.63) is 54.1 Å². The lowest BCUT2D eigenvalue weighted by atomic mass is 10.0. The number of methoxy groups -OCH3 is 1. The van der Waals surface area contributed by atoms with E-state index in [2.05, 4.69) is 15.0 Å². The molecule has 0 bridgehead atoms. The van der Waals surface area contributed by atoms with Crippen LogP contribution in [0.15, 0.2) is 42.7 Å². The molecule has 1 saturated heterocycles. The molecule has 1 aromatic carbocycles. The van der Waals surface area contributed by atoms with Gasteiger partial charge in [-0.1, -0.05) is 0 Å². The monoisotopic (exact) mass is 356 g/mol. The van der Waals surface area contributed by atoms with Gasteiger partial charge in [0.05, 0.1) is 18.8 Å². The highest BCUT2D eigenvalue weighted by Crippen LogP contribution is 2.36. The van der Waals surface area contributed by atoms with E-state index in [4.69, 9.17) is 9.47 Å². The van der Waals surface area contributed by atoms with E-state index in [1.165, 1.54) is 6.07 Å². The Morgan fingerprint density at radius 3 is 3.04 bits per heavy atom. The van der Waals surface area contributed by atoms with Gasteiger partial charge < -0.3 is 14.4 Å². The van der Waals surface area contributed by atoms with Crippen molar-refractivity contribution in [1.82, 2.24) is 14.6 Å². The minimum absolute atomic E-state index is 0.0772. The Labute approximate surface area is 151 Å². The third-order valence-corrected chi connectivity index (χ3v) is 4.62. The lowest BCUT2D eigenvalue weighted by Crippen LogP contribution is -2.24. The molecular formula is C19H21FN4O2. The number of hydrogen-bond acceptors (Lipinski definition) is 5. The summed E-state index contributed by atoms with van der Waals surface area (Å²) in [6.07, 6.45) is 5.61. The molecule has 0 N–H and O–H groups in total. The highest BCUT2D eigenvalue weighted by atomic mass is 19.1. The third kappa shape index (κ3) is 3.35. The largest absolute Gasteiger partial charge is 0.491 e. The summed E-state index contributed by atoms with van der Waals surface area (Å²) in [7, 11) is 1.61. The predicted molar refractivity (Wildman–Crippen MR) is 96.1 cm³/mol. The Morgan fingerprint density at radius 1 is 1.23 bits per heavy atom. The quantitative estimate of drug-likeness (QED) is 0.635. The van der Waals surface area contributed by atoms with Crippen molar-refractivity contribution >= 4 is 11.5 Å². The average Bonchev–Trinajstić information content (AvgIpc) is 3.30. The minimum atomic E-state index is -0.291. The van der Waals surface area contributed by atoms with Crippen LogP contribution >= 0.6 is 0 Å². The average molecular weight is 356 g/mol. The van der Waals surface area contributed by atoms with Crippen molar-refractivity contribution in [2.75, 3.05) is 31.8 Å². The van der Waals surface area contributed by atoms with Gasteiger partial charge in [0.15, 0.2) is 5.65 Å². The minimum Gasteiger partial charge on any atom is -0.491 e. The summed E-state index contributed by atoms with van der Waals surface area (Å²) in [5, 5.41) is 4.18. The van der Waals surface area contributed by atoms with Crippen LogP contribution < -0.4 is 9.64 Å². The molecule has 26 heavy (non-hydrogen) atoms. The SMILES string of the molecule is COCCOc1cc(F)cc([C@H]2CCCN2c2ccn3nccc3n2)c1. The number of benzene rings is 1. The number of fused-ring (bicyclic) bond motifs is 1. The van der Waals surface area contributed by atoms with Gasteiger partial charge in [-0.2, -0.15) is 5.10 Å². The molecule has 4 rings (SSSR count). The van der Waals surface area contributed by atoms with Crippen LogP contribution in [0.25, 0.3) is 5.65 Å². The first-order chi connectivity index (χ1) is 12.7. The summed E-state index contributed by atoms with van der Waals surface area (Å²) in [6.45, 7) is 1.75. The number of halogens is 1. The van der Waals surface area contributed by atoms with Crippen LogP contribution in [0.3, 0.4) is 0 Å². The molecule has 3 aromatic rings. The number of rotatable bonds is 6. The fourth-order valence-corrected chi connectivity index (χ4v) is 3.45. The fourth-order valence-electron chi connectivity index (χ4n) is 3.45. The summed E-state index contributed by atoms with van der Waals surface area (Å²) in [5.41, 5.74) is 1.71. The van der Waals surface area contributed by atoms with Gasteiger partial charge in [0.25, 0.3) is 0 Å². The molecule has 1 atom stereocenters. The Hall–Kier alpha value is -2.67.